The van der Waals surface area contributed by atoms with Gasteiger partial charge in [-0.05, 0) is 71.7 Å². The summed E-state index contributed by atoms with van der Waals surface area (Å²) in [5.74, 6) is 1.18. The van der Waals surface area contributed by atoms with Crippen LogP contribution in [-0.4, -0.2) is 54.9 Å². The molecule has 5 aromatic rings. The van der Waals surface area contributed by atoms with Crippen LogP contribution in [0.2, 0.25) is 0 Å². The summed E-state index contributed by atoms with van der Waals surface area (Å²) in [7, 11) is 2.83. The minimum atomic E-state index is -0.621. The second-order valence-corrected chi connectivity index (χ2v) is 11.7. The lowest BCUT2D eigenvalue weighted by molar-refractivity contribution is -0.145. The molecule has 9 nitrogen and oxygen atoms in total. The third-order valence-electron chi connectivity index (χ3n) is 8.70. The van der Waals surface area contributed by atoms with Gasteiger partial charge in [-0.1, -0.05) is 60.7 Å². The van der Waals surface area contributed by atoms with Crippen LogP contribution in [0, 0.1) is 0 Å². The van der Waals surface area contributed by atoms with Crippen molar-refractivity contribution in [1.29, 1.82) is 0 Å². The summed E-state index contributed by atoms with van der Waals surface area (Å²) in [6.45, 7) is 2.60. The molecule has 0 saturated heterocycles. The molecule has 0 N–H and O–H groups in total. The van der Waals surface area contributed by atoms with Crippen molar-refractivity contribution in [3.05, 3.63) is 108 Å². The van der Waals surface area contributed by atoms with Crippen LogP contribution in [0.3, 0.4) is 0 Å². The summed E-state index contributed by atoms with van der Waals surface area (Å²) in [5.41, 5.74) is 3.51. The molecule has 1 aliphatic heterocycles. The zero-order chi connectivity index (χ0) is 32.8. The molecule has 242 valence electrons. The van der Waals surface area contributed by atoms with Crippen LogP contribution in [0.15, 0.2) is 95.4 Å². The number of carbonyl (C=O) groups excluding carboxylic acids is 2. The molecule has 4 aromatic carbocycles. The number of fused-ring (bicyclic) bond motifs is 3. The minimum absolute atomic E-state index is 0.0181. The number of ether oxygens (including phenoxy) is 4. The van der Waals surface area contributed by atoms with Crippen LogP contribution in [0.25, 0.3) is 27.9 Å². The number of allylic oxidation sites excluding steroid dienone is 1. The number of hydrogen-bond acceptors (Lipinski definition) is 8. The topological polar surface area (TPSA) is 100 Å². The van der Waals surface area contributed by atoms with Crippen LogP contribution >= 0.6 is 0 Å². The molecule has 0 spiro atoms. The number of benzene rings is 4. The van der Waals surface area contributed by atoms with Crippen molar-refractivity contribution >= 4 is 39.8 Å². The van der Waals surface area contributed by atoms with E-state index < -0.39 is 12.1 Å². The van der Waals surface area contributed by atoms with Crippen LogP contribution in [0.1, 0.15) is 49.1 Å². The van der Waals surface area contributed by atoms with Gasteiger partial charge in [0.1, 0.15) is 5.52 Å². The molecular formula is C38H38N2O7. The molecule has 1 aliphatic rings. The number of nitrogens with zero attached hydrogens (tertiary/aromatic N) is 2. The van der Waals surface area contributed by atoms with Crippen LogP contribution in [0.4, 0.5) is 0 Å². The van der Waals surface area contributed by atoms with Crippen molar-refractivity contribution in [2.24, 2.45) is 0 Å². The lowest BCUT2D eigenvalue weighted by atomic mass is 9.87. The smallest absolute Gasteiger partial charge is 0.308 e. The van der Waals surface area contributed by atoms with Gasteiger partial charge >= 0.3 is 5.97 Å². The Morgan fingerprint density at radius 1 is 0.915 bits per heavy atom. The number of rotatable bonds is 13. The van der Waals surface area contributed by atoms with Gasteiger partial charge in [0.25, 0.3) is 0 Å². The molecule has 9 heteroatoms. The number of carbonyl (C=O) groups is 2. The van der Waals surface area contributed by atoms with E-state index in [1.165, 1.54) is 14.2 Å². The Morgan fingerprint density at radius 3 is 2.51 bits per heavy atom. The Hall–Kier alpha value is -5.15. The van der Waals surface area contributed by atoms with Gasteiger partial charge in [-0.2, -0.15) is 0 Å². The van der Waals surface area contributed by atoms with E-state index in [0.717, 1.165) is 33.0 Å². The lowest BCUT2D eigenvalue weighted by Crippen LogP contribution is -2.43. The summed E-state index contributed by atoms with van der Waals surface area (Å²) >= 11 is 0. The predicted molar refractivity (Wildman–Crippen MR) is 179 cm³/mol. The number of aromatic nitrogens is 1. The van der Waals surface area contributed by atoms with Crippen LogP contribution in [0.5, 0.6) is 11.5 Å². The number of hydrogen-bond donors (Lipinski definition) is 0. The highest BCUT2D eigenvalue weighted by Crippen LogP contribution is 2.38. The first kappa shape index (κ1) is 31.8. The Morgan fingerprint density at radius 2 is 1.70 bits per heavy atom. The molecule has 0 bridgehead atoms. The fourth-order valence-corrected chi connectivity index (χ4v) is 6.06. The van der Waals surface area contributed by atoms with Gasteiger partial charge in [0.05, 0.1) is 26.1 Å². The van der Waals surface area contributed by atoms with E-state index in [4.69, 9.17) is 23.4 Å². The molecule has 0 saturated carbocycles. The highest BCUT2D eigenvalue weighted by Gasteiger charge is 2.31. The number of methoxy groups -OCH3 is 2. The average molecular weight is 635 g/mol. The first-order valence-corrected chi connectivity index (χ1v) is 15.7. The average Bonchev–Trinajstić information content (AvgIpc) is 3.74. The zero-order valence-corrected chi connectivity index (χ0v) is 26.8. The maximum Gasteiger partial charge on any atom is 0.308 e. The van der Waals surface area contributed by atoms with Crippen molar-refractivity contribution in [2.75, 3.05) is 21.0 Å². The van der Waals surface area contributed by atoms with Gasteiger partial charge in [-0.25, -0.2) is 4.98 Å². The highest BCUT2D eigenvalue weighted by molar-refractivity contribution is 5.83. The molecule has 2 heterocycles. The van der Waals surface area contributed by atoms with Gasteiger partial charge in [0.2, 0.25) is 18.6 Å². The third-order valence-corrected chi connectivity index (χ3v) is 8.70. The number of amides is 1. The SMILES string of the molecule is COC(=O)CC(CC(=O)N(Cc1ccc2ccccc2c1)C(C)C(C/C=C/c1nc2ccccc2o1)c1ccc2c(c1)OCO2)OC. The maximum absolute atomic E-state index is 14.2. The summed E-state index contributed by atoms with van der Waals surface area (Å²) in [5, 5.41) is 2.22. The standard InChI is InChI=1S/C38H38N2O7/c1-25(40(37(41)21-30(43-2)22-38(42)44-3)23-26-15-16-27-9-4-5-10-28(27)19-26)31(29-17-18-34-35(20-29)46-24-45-34)11-8-14-36-39-32-12-6-7-13-33(32)47-36/h4-10,12-20,25,30-31H,11,21-24H2,1-3H3/b14-8+. The van der Waals surface area contributed by atoms with E-state index in [1.807, 2.05) is 71.6 Å². The number of esters is 1. The van der Waals surface area contributed by atoms with E-state index in [9.17, 15) is 9.59 Å². The van der Waals surface area contributed by atoms with Crippen LogP contribution in [-0.2, 0) is 25.6 Å². The van der Waals surface area contributed by atoms with E-state index >= 15 is 0 Å². The largest absolute Gasteiger partial charge is 0.469 e. The van der Waals surface area contributed by atoms with Crippen molar-refractivity contribution in [3.63, 3.8) is 0 Å². The zero-order valence-electron chi connectivity index (χ0n) is 26.8. The molecule has 0 radical (unpaired) electrons. The summed E-state index contributed by atoms with van der Waals surface area (Å²) in [4.78, 5) is 32.8. The monoisotopic (exact) mass is 634 g/mol. The molecule has 1 aromatic heterocycles. The third kappa shape index (κ3) is 7.47. The Bertz CT molecular complexity index is 1860. The Balaban J connectivity index is 1.33. The van der Waals surface area contributed by atoms with Gasteiger partial charge in [0, 0.05) is 25.6 Å². The predicted octanol–water partition coefficient (Wildman–Crippen LogP) is 7.28. The van der Waals surface area contributed by atoms with E-state index in [1.54, 1.807) is 0 Å². The highest BCUT2D eigenvalue weighted by atomic mass is 16.7. The molecule has 6 rings (SSSR count). The maximum atomic E-state index is 14.2. The molecule has 0 fully saturated rings. The molecular weight excluding hydrogens is 596 g/mol. The van der Waals surface area contributed by atoms with Crippen LogP contribution < -0.4 is 9.47 Å². The number of oxazole rings is 1. The number of para-hydroxylation sites is 2. The van der Waals surface area contributed by atoms with Crippen molar-refractivity contribution in [2.45, 2.75) is 50.8 Å². The van der Waals surface area contributed by atoms with Gasteiger partial charge in [-0.3, -0.25) is 9.59 Å². The van der Waals surface area contributed by atoms with Gasteiger partial charge in [0.15, 0.2) is 17.1 Å². The Labute approximate surface area is 273 Å². The fourth-order valence-electron chi connectivity index (χ4n) is 6.06. The van der Waals surface area contributed by atoms with Crippen molar-refractivity contribution in [3.8, 4) is 11.5 Å². The lowest BCUT2D eigenvalue weighted by Gasteiger charge is -2.36. The normalized spacial score (nSPS) is 14.4. The molecule has 1 amide bonds. The van der Waals surface area contributed by atoms with E-state index in [2.05, 4.69) is 42.2 Å². The molecule has 3 unspecified atom stereocenters. The summed E-state index contributed by atoms with van der Waals surface area (Å²) < 4.78 is 27.7. The second-order valence-electron chi connectivity index (χ2n) is 11.7. The Kier molecular flexibility index (Phi) is 9.83. The molecule has 0 aliphatic carbocycles. The quantitative estimate of drug-likeness (QED) is 0.125. The second kappa shape index (κ2) is 14.5. The van der Waals surface area contributed by atoms with Crippen molar-refractivity contribution < 1.29 is 33.0 Å². The molecule has 47 heavy (non-hydrogen) atoms. The summed E-state index contributed by atoms with van der Waals surface area (Å²) in [6, 6.07) is 27.7. The fraction of sp³-hybridized carbons (Fsp3) is 0.289. The van der Waals surface area contributed by atoms with E-state index in [-0.39, 0.29) is 37.5 Å². The molecule has 3 atom stereocenters. The van der Waals surface area contributed by atoms with Gasteiger partial charge < -0.3 is 28.3 Å². The van der Waals surface area contributed by atoms with E-state index in [0.29, 0.717) is 30.4 Å². The minimum Gasteiger partial charge on any atom is -0.469 e. The first-order chi connectivity index (χ1) is 22.9. The van der Waals surface area contributed by atoms with Crippen molar-refractivity contribution in [1.82, 2.24) is 9.88 Å². The first-order valence-electron chi connectivity index (χ1n) is 15.7. The summed E-state index contributed by atoms with van der Waals surface area (Å²) in [6.07, 6.45) is 3.87. The van der Waals surface area contributed by atoms with Gasteiger partial charge in [-0.15, -0.1) is 0 Å².